The van der Waals surface area contributed by atoms with Crippen molar-refractivity contribution in [3.8, 4) is 0 Å². The molecule has 0 amide bonds. The zero-order chi connectivity index (χ0) is 19.3. The van der Waals surface area contributed by atoms with Crippen LogP contribution in [0, 0.1) is 11.8 Å². The van der Waals surface area contributed by atoms with Gasteiger partial charge in [-0.2, -0.15) is 13.2 Å². The van der Waals surface area contributed by atoms with E-state index in [0.717, 1.165) is 32.1 Å². The fourth-order valence-electron chi connectivity index (χ4n) is 3.60. The molecule has 0 heterocycles. The third-order valence-corrected chi connectivity index (χ3v) is 5.00. The predicted molar refractivity (Wildman–Crippen MR) is 80.4 cm³/mol. The van der Waals surface area contributed by atoms with E-state index in [0.29, 0.717) is 12.8 Å². The first-order valence-electron chi connectivity index (χ1n) is 8.96. The number of esters is 2. The van der Waals surface area contributed by atoms with E-state index >= 15 is 0 Å². The molecule has 0 radical (unpaired) electrons. The Morgan fingerprint density at radius 2 is 1.31 bits per heavy atom. The molecule has 0 spiro atoms. The Morgan fingerprint density at radius 3 is 1.81 bits per heavy atom. The minimum Gasteiger partial charge on any atom is -0.462 e. The maximum absolute atomic E-state index is 12.6. The number of rotatable bonds is 5. The third-order valence-electron chi connectivity index (χ3n) is 5.00. The van der Waals surface area contributed by atoms with Gasteiger partial charge in [0.05, 0.1) is 11.8 Å². The number of halogens is 5. The normalized spacial score (nSPS) is 26.4. The first-order chi connectivity index (χ1) is 12.2. The van der Waals surface area contributed by atoms with Gasteiger partial charge in [-0.15, -0.1) is 0 Å². The highest BCUT2D eigenvalue weighted by Crippen LogP contribution is 2.35. The Morgan fingerprint density at radius 1 is 0.808 bits per heavy atom. The minimum absolute atomic E-state index is 0.122. The molecule has 0 aromatic rings. The summed E-state index contributed by atoms with van der Waals surface area (Å²) in [6.45, 7) is 0. The summed E-state index contributed by atoms with van der Waals surface area (Å²) in [7, 11) is 0. The molecule has 150 valence electrons. The van der Waals surface area contributed by atoms with E-state index in [1.54, 1.807) is 0 Å². The molecule has 9 heteroatoms. The van der Waals surface area contributed by atoms with Crippen LogP contribution in [0.15, 0.2) is 0 Å². The van der Waals surface area contributed by atoms with Crippen molar-refractivity contribution in [2.24, 2.45) is 11.8 Å². The number of hydrogen-bond donors (Lipinski definition) is 0. The summed E-state index contributed by atoms with van der Waals surface area (Å²) in [5, 5.41) is 0. The van der Waals surface area contributed by atoms with Crippen LogP contribution >= 0.6 is 0 Å². The van der Waals surface area contributed by atoms with Crippen LogP contribution in [0.4, 0.5) is 22.0 Å². The highest BCUT2D eigenvalue weighted by atomic mass is 19.4. The zero-order valence-electron chi connectivity index (χ0n) is 14.3. The summed E-state index contributed by atoms with van der Waals surface area (Å²) in [5.41, 5.74) is 0. The molecule has 2 saturated carbocycles. The van der Waals surface area contributed by atoms with E-state index in [4.69, 9.17) is 4.74 Å². The third kappa shape index (κ3) is 5.54. The van der Waals surface area contributed by atoms with E-state index in [1.807, 2.05) is 0 Å². The van der Waals surface area contributed by atoms with Gasteiger partial charge in [0.1, 0.15) is 6.10 Å². The predicted octanol–water partition coefficient (Wildman–Crippen LogP) is 4.41. The van der Waals surface area contributed by atoms with Gasteiger partial charge in [-0.1, -0.05) is 19.3 Å². The molecule has 0 aliphatic heterocycles. The lowest BCUT2D eigenvalue weighted by Gasteiger charge is -2.31. The second kappa shape index (κ2) is 8.99. The van der Waals surface area contributed by atoms with Gasteiger partial charge in [-0.3, -0.25) is 9.59 Å². The quantitative estimate of drug-likeness (QED) is 0.519. The van der Waals surface area contributed by atoms with Crippen LogP contribution in [-0.2, 0) is 19.1 Å². The topological polar surface area (TPSA) is 52.6 Å². The largest absolute Gasteiger partial charge is 0.462 e. The molecule has 2 aliphatic rings. The average Bonchev–Trinajstić information content (AvgIpc) is 2.59. The molecule has 4 nitrogen and oxygen atoms in total. The highest BCUT2D eigenvalue weighted by Gasteiger charge is 2.51. The van der Waals surface area contributed by atoms with Gasteiger partial charge in [0.15, 0.2) is 0 Å². The SMILES string of the molecule is O=C(OC1CCCCC1)C1CCCCC1C(=O)OC(C(F)F)C(F)(F)F. The van der Waals surface area contributed by atoms with E-state index in [1.165, 1.54) is 0 Å². The van der Waals surface area contributed by atoms with Gasteiger partial charge < -0.3 is 9.47 Å². The smallest absolute Gasteiger partial charge is 0.431 e. The van der Waals surface area contributed by atoms with E-state index in [-0.39, 0.29) is 18.9 Å². The first kappa shape index (κ1) is 20.9. The number of carbonyl (C=O) groups is 2. The van der Waals surface area contributed by atoms with Gasteiger partial charge in [0.25, 0.3) is 12.5 Å². The molecule has 2 rings (SSSR count). The Hall–Kier alpha value is -1.41. The number of hydrogen-bond acceptors (Lipinski definition) is 4. The molecule has 2 aliphatic carbocycles. The van der Waals surface area contributed by atoms with Crippen molar-refractivity contribution in [2.45, 2.75) is 82.6 Å². The van der Waals surface area contributed by atoms with E-state index < -0.39 is 42.5 Å². The molecule has 0 aromatic heterocycles. The monoisotopic (exact) mass is 386 g/mol. The summed E-state index contributed by atoms with van der Waals surface area (Å²) in [4.78, 5) is 24.5. The molecule has 26 heavy (non-hydrogen) atoms. The summed E-state index contributed by atoms with van der Waals surface area (Å²) in [6, 6.07) is 0. The van der Waals surface area contributed by atoms with Gasteiger partial charge in [-0.05, 0) is 38.5 Å². The maximum Gasteiger partial charge on any atom is 0.431 e. The Balaban J connectivity index is 2.02. The highest BCUT2D eigenvalue weighted by molar-refractivity contribution is 5.82. The lowest BCUT2D eigenvalue weighted by molar-refractivity contribution is -0.251. The zero-order valence-corrected chi connectivity index (χ0v) is 14.3. The van der Waals surface area contributed by atoms with Crippen molar-refractivity contribution in [3.05, 3.63) is 0 Å². The average molecular weight is 386 g/mol. The molecule has 0 bridgehead atoms. The molecule has 3 unspecified atom stereocenters. The lowest BCUT2D eigenvalue weighted by atomic mass is 9.79. The van der Waals surface area contributed by atoms with Crippen LogP contribution in [0.25, 0.3) is 0 Å². The number of carbonyl (C=O) groups excluding carboxylic acids is 2. The second-order valence-electron chi connectivity index (χ2n) is 6.93. The summed E-state index contributed by atoms with van der Waals surface area (Å²) in [6.07, 6.45) is -7.11. The Bertz CT molecular complexity index is 488. The van der Waals surface area contributed by atoms with Crippen molar-refractivity contribution >= 4 is 11.9 Å². The standard InChI is InChI=1S/C17H23F5O4/c18-14(19)13(17(20,21)22)26-16(24)12-9-5-4-8-11(12)15(23)25-10-6-2-1-3-7-10/h10-14H,1-9H2. The first-order valence-corrected chi connectivity index (χ1v) is 8.96. The Labute approximate surface area is 148 Å². The van der Waals surface area contributed by atoms with Gasteiger partial charge in [0.2, 0.25) is 0 Å². The lowest BCUT2D eigenvalue weighted by Crippen LogP contribution is -2.44. The van der Waals surface area contributed by atoms with Crippen LogP contribution in [0.1, 0.15) is 57.8 Å². The van der Waals surface area contributed by atoms with Crippen molar-refractivity contribution in [1.82, 2.24) is 0 Å². The molecule has 2 fully saturated rings. The maximum atomic E-state index is 12.6. The van der Waals surface area contributed by atoms with Crippen molar-refractivity contribution in [3.63, 3.8) is 0 Å². The van der Waals surface area contributed by atoms with E-state index in [2.05, 4.69) is 4.74 Å². The molecule has 0 N–H and O–H groups in total. The van der Waals surface area contributed by atoms with Crippen LogP contribution in [-0.4, -0.2) is 36.7 Å². The van der Waals surface area contributed by atoms with Crippen LogP contribution in [0.2, 0.25) is 0 Å². The van der Waals surface area contributed by atoms with Gasteiger partial charge in [0, 0.05) is 0 Å². The summed E-state index contributed by atoms with van der Waals surface area (Å²) >= 11 is 0. The molecule has 3 atom stereocenters. The summed E-state index contributed by atoms with van der Waals surface area (Å²) in [5.74, 6) is -4.16. The van der Waals surface area contributed by atoms with Crippen LogP contribution < -0.4 is 0 Å². The fraction of sp³-hybridized carbons (Fsp3) is 0.882. The van der Waals surface area contributed by atoms with Crippen molar-refractivity contribution < 1.29 is 41.0 Å². The van der Waals surface area contributed by atoms with Crippen LogP contribution in [0.3, 0.4) is 0 Å². The molecule has 0 aromatic carbocycles. The number of ether oxygens (including phenoxy) is 2. The minimum atomic E-state index is -5.36. The van der Waals surface area contributed by atoms with Gasteiger partial charge >= 0.3 is 18.1 Å². The molecular formula is C17H23F5O4. The molecular weight excluding hydrogens is 363 g/mol. The second-order valence-corrected chi connectivity index (χ2v) is 6.93. The molecule has 0 saturated heterocycles. The number of alkyl halides is 5. The Kier molecular flexibility index (Phi) is 7.23. The van der Waals surface area contributed by atoms with Gasteiger partial charge in [-0.25, -0.2) is 8.78 Å². The van der Waals surface area contributed by atoms with Crippen molar-refractivity contribution in [2.75, 3.05) is 0 Å². The summed E-state index contributed by atoms with van der Waals surface area (Å²) < 4.78 is 72.5. The van der Waals surface area contributed by atoms with E-state index in [9.17, 15) is 31.5 Å². The van der Waals surface area contributed by atoms with Crippen molar-refractivity contribution in [1.29, 1.82) is 0 Å². The van der Waals surface area contributed by atoms with Crippen LogP contribution in [0.5, 0.6) is 0 Å². The fourth-order valence-corrected chi connectivity index (χ4v) is 3.60.